The summed E-state index contributed by atoms with van der Waals surface area (Å²) in [6.07, 6.45) is -4.71. The minimum Gasteiger partial charge on any atom is -0.479 e. The van der Waals surface area contributed by atoms with Gasteiger partial charge in [0.05, 0.1) is 11.3 Å². The van der Waals surface area contributed by atoms with Crippen LogP contribution in [-0.4, -0.2) is 5.91 Å². The lowest BCUT2D eigenvalue weighted by molar-refractivity contribution is -0.136. The van der Waals surface area contributed by atoms with E-state index in [0.717, 1.165) is 30.3 Å². The number of furan rings is 1. The van der Waals surface area contributed by atoms with E-state index in [4.69, 9.17) is 4.42 Å². The summed E-state index contributed by atoms with van der Waals surface area (Å²) in [6, 6.07) is 6.46. The third kappa shape index (κ3) is 4.39. The van der Waals surface area contributed by atoms with E-state index in [-0.39, 0.29) is 11.8 Å². The minimum absolute atomic E-state index is 0.00560. The van der Waals surface area contributed by atoms with Crippen LogP contribution in [0.5, 0.6) is 5.75 Å². The van der Waals surface area contributed by atoms with Gasteiger partial charge in [-0.25, -0.2) is 8.78 Å². The topological polar surface area (TPSA) is 51.5 Å². The van der Waals surface area contributed by atoms with Gasteiger partial charge in [-0.05, 0) is 24.3 Å². The second-order valence-corrected chi connectivity index (χ2v) is 5.85. The van der Waals surface area contributed by atoms with Crippen LogP contribution in [0.4, 0.5) is 36.4 Å². The maximum atomic E-state index is 13.6. The molecule has 0 atom stereocenters. The Balaban J connectivity index is 1.73. The highest BCUT2D eigenvalue weighted by molar-refractivity contribution is 6.02. The highest BCUT2D eigenvalue weighted by Gasteiger charge is 2.33. The molecule has 2 aromatic carbocycles. The predicted octanol–water partition coefficient (Wildman–Crippen LogP) is 5.69. The molecule has 0 saturated heterocycles. The summed E-state index contributed by atoms with van der Waals surface area (Å²) in [4.78, 5) is 12.1. The molecule has 3 rings (SSSR count). The molecule has 0 fully saturated rings. The normalized spacial score (nSPS) is 11.4. The highest BCUT2D eigenvalue weighted by atomic mass is 19.4. The first-order valence-electron chi connectivity index (χ1n) is 8.10. The second kappa shape index (κ2) is 8.09. The quantitative estimate of drug-likeness (QED) is 0.416. The van der Waals surface area contributed by atoms with Gasteiger partial charge in [-0.2, -0.15) is 22.0 Å². The van der Waals surface area contributed by atoms with Crippen LogP contribution >= 0.6 is 0 Å². The molecule has 0 unspecified atom stereocenters. The van der Waals surface area contributed by atoms with Crippen LogP contribution in [0.3, 0.4) is 0 Å². The molecular weight excluding hydrogens is 423 g/mol. The number of amides is 1. The third-order valence-corrected chi connectivity index (χ3v) is 3.80. The molecule has 0 bridgehead atoms. The van der Waals surface area contributed by atoms with Crippen molar-refractivity contribution in [2.45, 2.75) is 12.8 Å². The Morgan fingerprint density at radius 2 is 1.60 bits per heavy atom. The first kappa shape index (κ1) is 21.2. The monoisotopic (exact) mass is 433 g/mol. The Morgan fingerprint density at radius 1 is 0.967 bits per heavy atom. The van der Waals surface area contributed by atoms with Crippen molar-refractivity contribution in [1.82, 2.24) is 0 Å². The van der Waals surface area contributed by atoms with Crippen molar-refractivity contribution in [1.29, 1.82) is 0 Å². The number of carbonyl (C=O) groups excluding carboxylic acids is 1. The van der Waals surface area contributed by atoms with Gasteiger partial charge < -0.3 is 14.5 Å². The molecule has 1 heterocycles. The molecule has 158 valence electrons. The van der Waals surface area contributed by atoms with Gasteiger partial charge in [0.2, 0.25) is 11.6 Å². The second-order valence-electron chi connectivity index (χ2n) is 5.85. The van der Waals surface area contributed by atoms with Crippen molar-refractivity contribution >= 4 is 11.6 Å². The number of para-hydroxylation sites is 1. The van der Waals surface area contributed by atoms with Gasteiger partial charge in [-0.3, -0.25) is 4.79 Å². The first-order valence-corrected chi connectivity index (χ1v) is 8.10. The Kier molecular flexibility index (Phi) is 5.72. The fourth-order valence-electron chi connectivity index (χ4n) is 2.42. The van der Waals surface area contributed by atoms with Gasteiger partial charge in [0, 0.05) is 6.07 Å². The van der Waals surface area contributed by atoms with Crippen LogP contribution in [0.15, 0.2) is 46.9 Å². The van der Waals surface area contributed by atoms with E-state index < -0.39 is 64.7 Å². The van der Waals surface area contributed by atoms with Crippen molar-refractivity contribution in [3.8, 4) is 5.75 Å². The highest BCUT2D eigenvalue weighted by Crippen LogP contribution is 2.34. The van der Waals surface area contributed by atoms with E-state index in [1.54, 1.807) is 0 Å². The molecule has 30 heavy (non-hydrogen) atoms. The molecular formula is C19H10F7NO3. The van der Waals surface area contributed by atoms with Crippen LogP contribution in [0.2, 0.25) is 0 Å². The summed E-state index contributed by atoms with van der Waals surface area (Å²) < 4.78 is 102. The van der Waals surface area contributed by atoms with Gasteiger partial charge in [0.1, 0.15) is 12.4 Å². The standard InChI is InChI=1S/C19H10F7NO3/c20-11-7-12(21)16(23)17(15(11)22)29-8-9-5-6-14(30-9)18(28)27-13-4-2-1-3-10(13)19(24,25)26/h1-7H,8H2,(H,27,28). The number of alkyl halides is 3. The Morgan fingerprint density at radius 3 is 2.23 bits per heavy atom. The van der Waals surface area contributed by atoms with Crippen molar-refractivity contribution < 1.29 is 44.7 Å². The number of hydrogen-bond donors (Lipinski definition) is 1. The van der Waals surface area contributed by atoms with E-state index in [1.165, 1.54) is 6.07 Å². The third-order valence-electron chi connectivity index (χ3n) is 3.80. The molecule has 0 aliphatic heterocycles. The summed E-state index contributed by atoms with van der Waals surface area (Å²) in [5.41, 5.74) is -1.59. The average molecular weight is 433 g/mol. The molecule has 4 nitrogen and oxygen atoms in total. The van der Waals surface area contributed by atoms with Gasteiger partial charge in [-0.1, -0.05) is 12.1 Å². The molecule has 0 saturated carbocycles. The van der Waals surface area contributed by atoms with E-state index >= 15 is 0 Å². The summed E-state index contributed by atoms with van der Waals surface area (Å²) in [7, 11) is 0. The molecule has 0 radical (unpaired) electrons. The molecule has 0 spiro atoms. The van der Waals surface area contributed by atoms with Crippen LogP contribution in [0.25, 0.3) is 0 Å². The number of anilines is 1. The van der Waals surface area contributed by atoms with Crippen molar-refractivity contribution in [2.75, 3.05) is 5.32 Å². The largest absolute Gasteiger partial charge is 0.479 e. The molecule has 1 aromatic heterocycles. The Hall–Kier alpha value is -3.50. The maximum absolute atomic E-state index is 13.6. The number of rotatable bonds is 5. The van der Waals surface area contributed by atoms with Crippen LogP contribution in [-0.2, 0) is 12.8 Å². The SMILES string of the molecule is O=C(Nc1ccccc1C(F)(F)F)c1ccc(COc2c(F)c(F)cc(F)c2F)o1. The van der Waals surface area contributed by atoms with Crippen molar-refractivity contribution in [3.63, 3.8) is 0 Å². The number of halogens is 7. The van der Waals surface area contributed by atoms with Crippen LogP contribution in [0.1, 0.15) is 21.9 Å². The van der Waals surface area contributed by atoms with Gasteiger partial charge >= 0.3 is 6.18 Å². The van der Waals surface area contributed by atoms with E-state index in [0.29, 0.717) is 0 Å². The Bertz CT molecular complexity index is 1070. The van der Waals surface area contributed by atoms with E-state index in [9.17, 15) is 35.5 Å². The maximum Gasteiger partial charge on any atom is 0.418 e. The van der Waals surface area contributed by atoms with E-state index in [2.05, 4.69) is 4.74 Å². The van der Waals surface area contributed by atoms with Crippen LogP contribution in [0, 0.1) is 23.3 Å². The van der Waals surface area contributed by atoms with Gasteiger partial charge in [0.15, 0.2) is 23.1 Å². The molecule has 0 aliphatic carbocycles. The van der Waals surface area contributed by atoms with Gasteiger partial charge in [-0.15, -0.1) is 0 Å². The average Bonchev–Trinajstić information content (AvgIpc) is 3.15. The van der Waals surface area contributed by atoms with Crippen molar-refractivity contribution in [2.24, 2.45) is 0 Å². The number of ether oxygens (including phenoxy) is 1. The molecule has 11 heteroatoms. The summed E-state index contributed by atoms with van der Waals surface area (Å²) in [5.74, 6) is -9.85. The lowest BCUT2D eigenvalue weighted by Gasteiger charge is -2.12. The number of carbonyl (C=O) groups is 1. The summed E-state index contributed by atoms with van der Waals surface area (Å²) in [6.45, 7) is -0.719. The minimum atomic E-state index is -4.71. The predicted molar refractivity (Wildman–Crippen MR) is 88.7 cm³/mol. The van der Waals surface area contributed by atoms with Gasteiger partial charge in [0.25, 0.3) is 5.91 Å². The number of hydrogen-bond acceptors (Lipinski definition) is 3. The zero-order valence-electron chi connectivity index (χ0n) is 14.6. The number of nitrogens with one attached hydrogen (secondary N) is 1. The lowest BCUT2D eigenvalue weighted by Crippen LogP contribution is -2.16. The molecule has 1 N–H and O–H groups in total. The number of benzene rings is 2. The zero-order valence-corrected chi connectivity index (χ0v) is 14.6. The lowest BCUT2D eigenvalue weighted by atomic mass is 10.1. The summed E-state index contributed by atoms with van der Waals surface area (Å²) >= 11 is 0. The van der Waals surface area contributed by atoms with Crippen LogP contribution < -0.4 is 10.1 Å². The zero-order chi connectivity index (χ0) is 22.1. The first-order chi connectivity index (χ1) is 14.1. The fraction of sp³-hybridized carbons (Fsp3) is 0.105. The Labute approximate surface area is 163 Å². The smallest absolute Gasteiger partial charge is 0.418 e. The molecule has 3 aromatic rings. The summed E-state index contributed by atoms with van der Waals surface area (Å²) in [5, 5.41) is 2.04. The molecule has 1 amide bonds. The molecule has 0 aliphatic rings. The van der Waals surface area contributed by atoms with E-state index in [1.807, 2.05) is 5.32 Å². The fourth-order valence-corrected chi connectivity index (χ4v) is 2.42. The van der Waals surface area contributed by atoms with Crippen molar-refractivity contribution in [3.05, 3.63) is 82.8 Å².